The van der Waals surface area contributed by atoms with Crippen LogP contribution in [0.3, 0.4) is 0 Å². The molecule has 0 heterocycles. The number of ether oxygens (including phenoxy) is 1. The molecule has 0 unspecified atom stereocenters. The SMILES string of the molecule is CCNC(=O)[C@H](Cc1ccccc1)N(Cc1ccccc1Cl)C(=O)CN(c1cc([N+](=O)[O-])ccc1OC)S(C)(=O)=O. The minimum absolute atomic E-state index is 0.0102. The van der Waals surface area contributed by atoms with E-state index in [1.165, 1.54) is 24.1 Å². The average molecular weight is 603 g/mol. The number of sulfonamides is 1. The molecule has 3 aromatic rings. The van der Waals surface area contributed by atoms with Crippen LogP contribution in [0.1, 0.15) is 18.1 Å². The number of hydrogen-bond donors (Lipinski definition) is 1. The highest BCUT2D eigenvalue weighted by Gasteiger charge is 2.34. The monoisotopic (exact) mass is 602 g/mol. The van der Waals surface area contributed by atoms with E-state index in [9.17, 15) is 28.1 Å². The fraction of sp³-hybridized carbons (Fsp3) is 0.286. The molecular weight excluding hydrogens is 572 g/mol. The topological polar surface area (TPSA) is 139 Å². The third-order valence-corrected chi connectivity index (χ3v) is 7.74. The summed E-state index contributed by atoms with van der Waals surface area (Å²) in [5.41, 5.74) is 0.747. The van der Waals surface area contributed by atoms with Crippen molar-refractivity contribution in [3.63, 3.8) is 0 Å². The standard InChI is InChI=1S/C28H31ClN4O7S/c1-4-30-28(35)25(16-20-10-6-5-7-11-20)31(18-21-12-8-9-13-23(21)29)27(34)19-32(41(3,38)39)24-17-22(33(36)37)14-15-26(24)40-2/h5-15,17,25H,4,16,18-19H2,1-3H3,(H,30,35)/t25-/m0/s1. The molecule has 11 nitrogen and oxygen atoms in total. The van der Waals surface area contributed by atoms with Gasteiger partial charge in [0.15, 0.2) is 0 Å². The van der Waals surface area contributed by atoms with E-state index in [1.807, 2.05) is 30.3 Å². The average Bonchev–Trinajstić information content (AvgIpc) is 2.94. The van der Waals surface area contributed by atoms with Crippen LogP contribution < -0.4 is 14.4 Å². The molecule has 0 fully saturated rings. The van der Waals surface area contributed by atoms with E-state index in [2.05, 4.69) is 5.32 Å². The predicted molar refractivity (Wildman–Crippen MR) is 156 cm³/mol. The number of nitro groups is 1. The molecule has 218 valence electrons. The van der Waals surface area contributed by atoms with Gasteiger partial charge in [-0.25, -0.2) is 8.42 Å². The van der Waals surface area contributed by atoms with Crippen molar-refractivity contribution < 1.29 is 27.7 Å². The smallest absolute Gasteiger partial charge is 0.271 e. The number of nitrogens with zero attached hydrogens (tertiary/aromatic N) is 3. The van der Waals surface area contributed by atoms with E-state index in [0.29, 0.717) is 17.1 Å². The Bertz CT molecular complexity index is 1500. The molecule has 3 aromatic carbocycles. The number of carbonyl (C=O) groups excluding carboxylic acids is 2. The molecule has 0 aromatic heterocycles. The quantitative estimate of drug-likeness (QED) is 0.232. The second-order valence-corrected chi connectivity index (χ2v) is 11.4. The van der Waals surface area contributed by atoms with E-state index < -0.39 is 39.3 Å². The minimum Gasteiger partial charge on any atom is -0.495 e. The van der Waals surface area contributed by atoms with Crippen molar-refractivity contribution in [2.24, 2.45) is 0 Å². The van der Waals surface area contributed by atoms with Gasteiger partial charge in [-0.05, 0) is 30.2 Å². The lowest BCUT2D eigenvalue weighted by Crippen LogP contribution is -2.53. The summed E-state index contributed by atoms with van der Waals surface area (Å²) >= 11 is 6.41. The third kappa shape index (κ3) is 8.18. The maximum atomic E-state index is 14.1. The number of hydrogen-bond acceptors (Lipinski definition) is 7. The minimum atomic E-state index is -4.16. The van der Waals surface area contributed by atoms with Gasteiger partial charge >= 0.3 is 0 Å². The highest BCUT2D eigenvalue weighted by Crippen LogP contribution is 2.34. The summed E-state index contributed by atoms with van der Waals surface area (Å²) in [5.74, 6) is -1.15. The van der Waals surface area contributed by atoms with Gasteiger partial charge in [-0.15, -0.1) is 0 Å². The molecule has 0 saturated heterocycles. The van der Waals surface area contributed by atoms with Crippen LogP contribution in [0.4, 0.5) is 11.4 Å². The highest BCUT2D eigenvalue weighted by molar-refractivity contribution is 7.92. The van der Waals surface area contributed by atoms with Crippen LogP contribution in [-0.2, 0) is 32.6 Å². The van der Waals surface area contributed by atoms with Gasteiger partial charge < -0.3 is 15.0 Å². The molecule has 1 N–H and O–H groups in total. The first-order valence-corrected chi connectivity index (χ1v) is 14.8. The number of rotatable bonds is 13. The lowest BCUT2D eigenvalue weighted by Gasteiger charge is -2.33. The van der Waals surface area contributed by atoms with Gasteiger partial charge in [-0.2, -0.15) is 0 Å². The van der Waals surface area contributed by atoms with Crippen molar-refractivity contribution in [3.8, 4) is 5.75 Å². The van der Waals surface area contributed by atoms with Gasteiger partial charge in [-0.3, -0.25) is 24.0 Å². The summed E-state index contributed by atoms with van der Waals surface area (Å²) in [6, 6.07) is 18.3. The fourth-order valence-electron chi connectivity index (χ4n) is 4.24. The van der Waals surface area contributed by atoms with Gasteiger partial charge in [0.05, 0.1) is 18.3 Å². The normalized spacial score (nSPS) is 11.8. The summed E-state index contributed by atoms with van der Waals surface area (Å²) < 4.78 is 32.0. The van der Waals surface area contributed by atoms with Crippen LogP contribution in [0.2, 0.25) is 5.02 Å². The Morgan fingerprint density at radius 3 is 2.32 bits per heavy atom. The first-order valence-electron chi connectivity index (χ1n) is 12.6. The molecule has 0 saturated carbocycles. The molecule has 1 atom stereocenters. The summed E-state index contributed by atoms with van der Waals surface area (Å²) in [5, 5.41) is 14.6. The maximum absolute atomic E-state index is 14.1. The van der Waals surface area contributed by atoms with E-state index in [0.717, 1.165) is 22.2 Å². The van der Waals surface area contributed by atoms with Gasteiger partial charge in [-0.1, -0.05) is 60.1 Å². The van der Waals surface area contributed by atoms with Gasteiger partial charge in [0.25, 0.3) is 5.69 Å². The van der Waals surface area contributed by atoms with E-state index in [-0.39, 0.29) is 30.1 Å². The number of methoxy groups -OCH3 is 1. The summed E-state index contributed by atoms with van der Waals surface area (Å²) in [7, 11) is -2.88. The first-order chi connectivity index (χ1) is 19.5. The Morgan fingerprint density at radius 1 is 1.07 bits per heavy atom. The van der Waals surface area contributed by atoms with Crippen LogP contribution in [0.15, 0.2) is 72.8 Å². The predicted octanol–water partition coefficient (Wildman–Crippen LogP) is 3.80. The van der Waals surface area contributed by atoms with Gasteiger partial charge in [0.2, 0.25) is 21.8 Å². The lowest BCUT2D eigenvalue weighted by molar-refractivity contribution is -0.384. The third-order valence-electron chi connectivity index (χ3n) is 6.24. The van der Waals surface area contributed by atoms with Gasteiger partial charge in [0, 0.05) is 36.7 Å². The van der Waals surface area contributed by atoms with Crippen molar-refractivity contribution in [2.75, 3.05) is 30.8 Å². The molecule has 0 aliphatic heterocycles. The summed E-state index contributed by atoms with van der Waals surface area (Å²) in [6.45, 7) is 1.19. The van der Waals surface area contributed by atoms with E-state index in [4.69, 9.17) is 16.3 Å². The van der Waals surface area contributed by atoms with Crippen LogP contribution in [0, 0.1) is 10.1 Å². The number of benzene rings is 3. The molecule has 2 amide bonds. The van der Waals surface area contributed by atoms with Crippen molar-refractivity contribution in [2.45, 2.75) is 25.9 Å². The number of nitro benzene ring substituents is 1. The number of anilines is 1. The van der Waals surface area contributed by atoms with Crippen molar-refractivity contribution in [3.05, 3.63) is 99.1 Å². The molecule has 0 aliphatic carbocycles. The summed E-state index contributed by atoms with van der Waals surface area (Å²) in [6.07, 6.45) is 1.02. The number of non-ortho nitro benzene ring substituents is 1. The highest BCUT2D eigenvalue weighted by atomic mass is 35.5. The van der Waals surface area contributed by atoms with E-state index in [1.54, 1.807) is 31.2 Å². The molecule has 0 bridgehead atoms. The molecule has 0 spiro atoms. The number of likely N-dealkylation sites (N-methyl/N-ethyl adjacent to an activating group) is 1. The van der Waals surface area contributed by atoms with Crippen LogP contribution >= 0.6 is 11.6 Å². The lowest BCUT2D eigenvalue weighted by atomic mass is 10.0. The molecule has 3 rings (SSSR count). The summed E-state index contributed by atoms with van der Waals surface area (Å²) in [4.78, 5) is 39.5. The molecule has 0 radical (unpaired) electrons. The molecule has 41 heavy (non-hydrogen) atoms. The second kappa shape index (κ2) is 14.0. The zero-order valence-corrected chi connectivity index (χ0v) is 24.4. The molecular formula is C28H31ClN4O7S. The number of nitrogens with one attached hydrogen (secondary N) is 1. The van der Waals surface area contributed by atoms with Crippen LogP contribution in [0.25, 0.3) is 0 Å². The van der Waals surface area contributed by atoms with E-state index >= 15 is 0 Å². The maximum Gasteiger partial charge on any atom is 0.271 e. The Morgan fingerprint density at radius 2 is 1.73 bits per heavy atom. The first kappa shape index (κ1) is 31.4. The van der Waals surface area contributed by atoms with Crippen LogP contribution in [0.5, 0.6) is 5.75 Å². The van der Waals surface area contributed by atoms with Crippen LogP contribution in [-0.4, -0.2) is 62.6 Å². The van der Waals surface area contributed by atoms with Gasteiger partial charge in [0.1, 0.15) is 24.0 Å². The largest absolute Gasteiger partial charge is 0.495 e. The molecule has 13 heteroatoms. The van der Waals surface area contributed by atoms with Crippen molar-refractivity contribution >= 4 is 44.8 Å². The van der Waals surface area contributed by atoms with Crippen molar-refractivity contribution in [1.29, 1.82) is 0 Å². The zero-order chi connectivity index (χ0) is 30.2. The Labute approximate surface area is 243 Å². The number of amides is 2. The number of carbonyl (C=O) groups is 2. The zero-order valence-electron chi connectivity index (χ0n) is 22.8. The second-order valence-electron chi connectivity index (χ2n) is 9.10. The Balaban J connectivity index is 2.12. The fourth-order valence-corrected chi connectivity index (χ4v) is 5.28. The molecule has 0 aliphatic rings. The Kier molecular flexibility index (Phi) is 10.7. The Hall–Kier alpha value is -4.16. The number of halogens is 1. The van der Waals surface area contributed by atoms with Crippen molar-refractivity contribution in [1.82, 2.24) is 10.2 Å².